The third-order valence-corrected chi connectivity index (χ3v) is 8.01. The van der Waals surface area contributed by atoms with Gasteiger partial charge in [-0.3, -0.25) is 10.1 Å². The number of ether oxygens (including phenoxy) is 2. The number of rotatable bonds is 13. The molecule has 0 aliphatic carbocycles. The molecule has 4 rings (SSSR count). The van der Waals surface area contributed by atoms with Crippen molar-refractivity contribution in [3.8, 4) is 10.8 Å². The molecule has 1 fully saturated rings. The third-order valence-electron chi connectivity index (χ3n) is 7.22. The monoisotopic (exact) mass is 605 g/mol. The van der Waals surface area contributed by atoms with E-state index in [1.807, 2.05) is 30.3 Å². The number of amides is 3. The minimum atomic E-state index is -0.246. The smallest absolute Gasteiger partial charge is 0.319 e. The highest BCUT2D eigenvalue weighted by Crippen LogP contribution is 2.34. The van der Waals surface area contributed by atoms with Crippen LogP contribution in [0.3, 0.4) is 0 Å². The van der Waals surface area contributed by atoms with Gasteiger partial charge in [0.05, 0.1) is 12.8 Å². The van der Waals surface area contributed by atoms with Crippen LogP contribution in [0.15, 0.2) is 54.2 Å². The summed E-state index contributed by atoms with van der Waals surface area (Å²) in [5.74, 6) is 0.770. The van der Waals surface area contributed by atoms with E-state index in [9.17, 15) is 9.59 Å². The van der Waals surface area contributed by atoms with Gasteiger partial charge < -0.3 is 25.4 Å². The second-order valence-electron chi connectivity index (χ2n) is 10.9. The molecule has 0 saturated carbocycles. The van der Waals surface area contributed by atoms with Crippen LogP contribution in [0.25, 0.3) is 5.57 Å². The number of thiazole rings is 1. The molecule has 2 heterocycles. The number of piperidine rings is 1. The number of nitrogens with zero attached hydrogens (tertiary/aromatic N) is 1. The Labute approximate surface area is 258 Å². The number of carbonyl (C=O) groups is 2. The molecule has 1 aromatic heterocycles. The molecule has 43 heavy (non-hydrogen) atoms. The number of aromatic nitrogens is 1. The molecule has 3 aromatic rings. The van der Waals surface area contributed by atoms with Gasteiger partial charge in [-0.2, -0.15) is 0 Å². The number of urea groups is 1. The number of hydrogen-bond acceptors (Lipinski definition) is 7. The van der Waals surface area contributed by atoms with Crippen molar-refractivity contribution in [3.05, 3.63) is 70.9 Å². The third kappa shape index (κ3) is 9.38. The summed E-state index contributed by atoms with van der Waals surface area (Å²) in [4.78, 5) is 29.6. The molecule has 2 aromatic carbocycles. The zero-order chi connectivity index (χ0) is 30.6. The summed E-state index contributed by atoms with van der Waals surface area (Å²) in [5, 5.41) is 13.0. The largest absolute Gasteiger partial charge is 0.445 e. The van der Waals surface area contributed by atoms with Crippen molar-refractivity contribution in [2.75, 3.05) is 37.4 Å². The lowest BCUT2D eigenvalue weighted by Gasteiger charge is -2.23. The molecule has 0 radical (unpaired) electrons. The molecule has 1 saturated heterocycles. The number of benzene rings is 2. The fourth-order valence-corrected chi connectivity index (χ4v) is 5.84. The minimum Gasteiger partial charge on any atom is -0.445 e. The van der Waals surface area contributed by atoms with Crippen LogP contribution in [0.4, 0.5) is 15.6 Å². The molecule has 0 spiro atoms. The van der Waals surface area contributed by atoms with Crippen LogP contribution in [-0.4, -0.2) is 43.7 Å². The Morgan fingerprint density at radius 2 is 1.77 bits per heavy atom. The number of methoxy groups -OCH3 is 1. The van der Waals surface area contributed by atoms with E-state index in [0.717, 1.165) is 50.8 Å². The van der Waals surface area contributed by atoms with Crippen LogP contribution in [0.1, 0.15) is 74.4 Å². The van der Waals surface area contributed by atoms with Gasteiger partial charge in [-0.25, -0.2) is 9.78 Å². The van der Waals surface area contributed by atoms with Crippen LogP contribution >= 0.6 is 11.3 Å². The van der Waals surface area contributed by atoms with Crippen LogP contribution in [0.5, 0.6) is 10.8 Å². The van der Waals surface area contributed by atoms with E-state index in [4.69, 9.17) is 9.47 Å². The summed E-state index contributed by atoms with van der Waals surface area (Å²) in [5.41, 5.74) is 6.05. The Hall–Kier alpha value is -3.73. The molecule has 4 N–H and O–H groups in total. The van der Waals surface area contributed by atoms with E-state index in [1.54, 1.807) is 25.4 Å². The first-order valence-electron chi connectivity index (χ1n) is 15.0. The van der Waals surface area contributed by atoms with Crippen LogP contribution < -0.4 is 26.0 Å². The Bertz CT molecular complexity index is 1390. The van der Waals surface area contributed by atoms with Gasteiger partial charge in [0, 0.05) is 30.5 Å². The molecule has 230 valence electrons. The van der Waals surface area contributed by atoms with Gasteiger partial charge in [0.15, 0.2) is 5.13 Å². The normalized spacial score (nSPS) is 13.1. The van der Waals surface area contributed by atoms with E-state index in [0.29, 0.717) is 46.3 Å². The first kappa shape index (κ1) is 32.2. The fourth-order valence-electron chi connectivity index (χ4n) is 5.16. The Morgan fingerprint density at radius 1 is 1.02 bits per heavy atom. The van der Waals surface area contributed by atoms with Gasteiger partial charge >= 0.3 is 6.03 Å². The number of carbonyl (C=O) groups excluding carboxylic acids is 2. The lowest BCUT2D eigenvalue weighted by Crippen LogP contribution is -2.29. The van der Waals surface area contributed by atoms with Crippen molar-refractivity contribution in [2.24, 2.45) is 5.92 Å². The average Bonchev–Trinajstić information content (AvgIpc) is 3.44. The summed E-state index contributed by atoms with van der Waals surface area (Å²) in [7, 11) is 1.60. The quantitative estimate of drug-likeness (QED) is 0.151. The van der Waals surface area contributed by atoms with Gasteiger partial charge in [0.1, 0.15) is 5.75 Å². The maximum Gasteiger partial charge on any atom is 0.319 e. The zero-order valence-electron chi connectivity index (χ0n) is 25.5. The number of allylic oxidation sites excluding steroid dienone is 1. The molecule has 0 unspecified atom stereocenters. The topological polar surface area (TPSA) is 114 Å². The van der Waals surface area contributed by atoms with Crippen LogP contribution in [0.2, 0.25) is 0 Å². The maximum atomic E-state index is 13.0. The summed E-state index contributed by atoms with van der Waals surface area (Å²) < 4.78 is 11.4. The molecule has 0 bridgehead atoms. The molecule has 10 heteroatoms. The molecule has 9 nitrogen and oxygen atoms in total. The molecule has 3 amide bonds. The van der Waals surface area contributed by atoms with Crippen LogP contribution in [0, 0.1) is 5.92 Å². The van der Waals surface area contributed by atoms with E-state index in [2.05, 4.69) is 47.0 Å². The molecule has 0 atom stereocenters. The lowest BCUT2D eigenvalue weighted by atomic mass is 9.86. The number of unbranched alkanes of at least 4 members (excludes halogenated alkanes) is 2. The second kappa shape index (κ2) is 16.2. The van der Waals surface area contributed by atoms with Crippen molar-refractivity contribution < 1.29 is 19.1 Å². The lowest BCUT2D eigenvalue weighted by molar-refractivity contribution is 0.102. The van der Waals surface area contributed by atoms with E-state index >= 15 is 0 Å². The van der Waals surface area contributed by atoms with E-state index in [-0.39, 0.29) is 11.9 Å². The molecular formula is C33H43N5O4S. The highest BCUT2D eigenvalue weighted by atomic mass is 32.1. The van der Waals surface area contributed by atoms with Crippen molar-refractivity contribution in [2.45, 2.75) is 59.5 Å². The first-order valence-corrected chi connectivity index (χ1v) is 15.8. The fraction of sp³-hybridized carbons (Fsp3) is 0.424. The van der Waals surface area contributed by atoms with E-state index < -0.39 is 0 Å². The minimum absolute atomic E-state index is 0.225. The van der Waals surface area contributed by atoms with Crippen LogP contribution in [-0.2, 0) is 11.3 Å². The van der Waals surface area contributed by atoms with Gasteiger partial charge in [-0.05, 0) is 79.7 Å². The van der Waals surface area contributed by atoms with Gasteiger partial charge in [-0.15, -0.1) is 0 Å². The van der Waals surface area contributed by atoms with Gasteiger partial charge in [0.25, 0.3) is 5.91 Å². The molecular weight excluding hydrogens is 562 g/mol. The average molecular weight is 606 g/mol. The van der Waals surface area contributed by atoms with Crippen molar-refractivity contribution >= 4 is 39.7 Å². The first-order chi connectivity index (χ1) is 20.9. The van der Waals surface area contributed by atoms with Gasteiger partial charge in [0.2, 0.25) is 5.06 Å². The summed E-state index contributed by atoms with van der Waals surface area (Å²) >= 11 is 1.24. The van der Waals surface area contributed by atoms with Crippen molar-refractivity contribution in [3.63, 3.8) is 0 Å². The number of hydrogen-bond donors (Lipinski definition) is 4. The maximum absolute atomic E-state index is 13.0. The molecule has 1 aliphatic rings. The van der Waals surface area contributed by atoms with Crippen molar-refractivity contribution in [1.82, 2.24) is 15.6 Å². The summed E-state index contributed by atoms with van der Waals surface area (Å²) in [6, 6.07) is 13.0. The van der Waals surface area contributed by atoms with Gasteiger partial charge in [-0.1, -0.05) is 62.7 Å². The standard InChI is InChI=1S/C33H43N5O4S/c1-5-6-7-16-35-32(40)37-27-12-13-28(26(19-27)21-41-4)42-29-20-36-33(43-29)38-31(39)25-10-8-23(9-11-25)30(22(2)3)24-14-17-34-18-15-24/h8-13,19-20,22,34H,5-7,14-18,21H2,1-4H3,(H2,35,37,40)(H,36,38,39). The number of nitrogens with one attached hydrogen (secondary N) is 4. The predicted octanol–water partition coefficient (Wildman–Crippen LogP) is 7.44. The Morgan fingerprint density at radius 3 is 2.47 bits per heavy atom. The SMILES string of the molecule is CCCCCNC(=O)Nc1ccc(Oc2cnc(NC(=O)c3ccc(C(=C4CCNCC4)C(C)C)cc3)s2)c(COC)c1. The molecule has 1 aliphatic heterocycles. The zero-order valence-corrected chi connectivity index (χ0v) is 26.4. The number of anilines is 2. The van der Waals surface area contributed by atoms with Crippen molar-refractivity contribution in [1.29, 1.82) is 0 Å². The predicted molar refractivity (Wildman–Crippen MR) is 174 cm³/mol. The second-order valence-corrected chi connectivity index (χ2v) is 11.9. The Kier molecular flexibility index (Phi) is 12.1. The highest BCUT2D eigenvalue weighted by molar-refractivity contribution is 7.17. The summed E-state index contributed by atoms with van der Waals surface area (Å²) in [6.45, 7) is 9.54. The van der Waals surface area contributed by atoms with E-state index in [1.165, 1.54) is 28.0 Å². The summed E-state index contributed by atoms with van der Waals surface area (Å²) in [6.07, 6.45) is 6.84. The Balaban J connectivity index is 1.37. The highest BCUT2D eigenvalue weighted by Gasteiger charge is 2.17.